The van der Waals surface area contributed by atoms with E-state index in [0.717, 1.165) is 12.2 Å². The van der Waals surface area contributed by atoms with Gasteiger partial charge in [0.25, 0.3) is 0 Å². The molecule has 0 aromatic carbocycles. The molecule has 0 aliphatic carbocycles. The normalized spacial score (nSPS) is 12.9. The van der Waals surface area contributed by atoms with E-state index in [9.17, 15) is 0 Å². The summed E-state index contributed by atoms with van der Waals surface area (Å²) in [6.07, 6.45) is 2.94. The molecule has 2 nitrogen and oxygen atoms in total. The van der Waals surface area contributed by atoms with Gasteiger partial charge in [0.15, 0.2) is 0 Å². The summed E-state index contributed by atoms with van der Waals surface area (Å²) in [6.45, 7) is 4.16. The molecular formula is C13H17NOS. The SMILES string of the molecule is CCc1ccc(C(NC)c2coc(C)c2)s1. The fraction of sp³-hybridized carbons (Fsp3) is 0.385. The lowest BCUT2D eigenvalue weighted by Crippen LogP contribution is -2.15. The van der Waals surface area contributed by atoms with Gasteiger partial charge in [0, 0.05) is 15.3 Å². The number of nitrogens with one attached hydrogen (secondary N) is 1. The van der Waals surface area contributed by atoms with Crippen LogP contribution in [0.2, 0.25) is 0 Å². The van der Waals surface area contributed by atoms with Gasteiger partial charge in [-0.2, -0.15) is 0 Å². The number of aryl methyl sites for hydroxylation is 2. The molecular weight excluding hydrogens is 218 g/mol. The zero-order chi connectivity index (χ0) is 11.5. The van der Waals surface area contributed by atoms with Crippen LogP contribution in [-0.2, 0) is 6.42 Å². The standard InChI is InChI=1S/C13H17NOS/c1-4-11-5-6-12(16-11)13(14-3)10-7-9(2)15-8-10/h5-8,13-14H,4H2,1-3H3. The number of hydrogen-bond donors (Lipinski definition) is 1. The van der Waals surface area contributed by atoms with Crippen LogP contribution < -0.4 is 5.32 Å². The van der Waals surface area contributed by atoms with Crippen LogP contribution in [0.3, 0.4) is 0 Å². The maximum atomic E-state index is 5.37. The Hall–Kier alpha value is -1.06. The minimum Gasteiger partial charge on any atom is -0.469 e. The van der Waals surface area contributed by atoms with Crippen molar-refractivity contribution < 1.29 is 4.42 Å². The average molecular weight is 235 g/mol. The minimum atomic E-state index is 0.253. The molecule has 0 aliphatic rings. The second-order valence-electron chi connectivity index (χ2n) is 3.87. The number of hydrogen-bond acceptors (Lipinski definition) is 3. The van der Waals surface area contributed by atoms with Gasteiger partial charge in [-0.1, -0.05) is 6.92 Å². The molecule has 0 aliphatic heterocycles. The Kier molecular flexibility index (Phi) is 3.46. The molecule has 16 heavy (non-hydrogen) atoms. The number of thiophene rings is 1. The lowest BCUT2D eigenvalue weighted by atomic mass is 10.1. The fourth-order valence-electron chi connectivity index (χ4n) is 1.83. The van der Waals surface area contributed by atoms with Gasteiger partial charge < -0.3 is 9.73 Å². The van der Waals surface area contributed by atoms with Gasteiger partial charge in [-0.25, -0.2) is 0 Å². The molecule has 3 heteroatoms. The first-order valence-electron chi connectivity index (χ1n) is 5.55. The van der Waals surface area contributed by atoms with Crippen molar-refractivity contribution in [2.45, 2.75) is 26.3 Å². The molecule has 0 fully saturated rings. The number of furan rings is 1. The Balaban J connectivity index is 2.28. The molecule has 2 rings (SSSR count). The summed E-state index contributed by atoms with van der Waals surface area (Å²) in [4.78, 5) is 2.77. The Morgan fingerprint density at radius 2 is 2.25 bits per heavy atom. The van der Waals surface area contributed by atoms with Crippen molar-refractivity contribution in [3.05, 3.63) is 45.5 Å². The van der Waals surface area contributed by atoms with Gasteiger partial charge in [-0.3, -0.25) is 0 Å². The number of rotatable bonds is 4. The van der Waals surface area contributed by atoms with E-state index in [-0.39, 0.29) is 6.04 Å². The molecule has 0 saturated heterocycles. The van der Waals surface area contributed by atoms with E-state index in [4.69, 9.17) is 4.42 Å². The van der Waals surface area contributed by atoms with Gasteiger partial charge >= 0.3 is 0 Å². The molecule has 1 unspecified atom stereocenters. The van der Waals surface area contributed by atoms with Gasteiger partial charge in [-0.05, 0) is 38.6 Å². The second-order valence-corrected chi connectivity index (χ2v) is 5.07. The van der Waals surface area contributed by atoms with Crippen LogP contribution in [0.25, 0.3) is 0 Å². The molecule has 2 aromatic rings. The largest absolute Gasteiger partial charge is 0.469 e. The molecule has 1 atom stereocenters. The Morgan fingerprint density at radius 1 is 1.44 bits per heavy atom. The molecule has 0 radical (unpaired) electrons. The highest BCUT2D eigenvalue weighted by Crippen LogP contribution is 2.29. The maximum Gasteiger partial charge on any atom is 0.101 e. The minimum absolute atomic E-state index is 0.253. The predicted octanol–water partition coefficient (Wildman–Crippen LogP) is 3.52. The third-order valence-corrected chi connectivity index (χ3v) is 3.98. The van der Waals surface area contributed by atoms with Crippen molar-refractivity contribution in [2.75, 3.05) is 7.05 Å². The Morgan fingerprint density at radius 3 is 2.75 bits per heavy atom. The summed E-state index contributed by atoms with van der Waals surface area (Å²) in [5.41, 5.74) is 1.20. The van der Waals surface area contributed by atoms with Crippen LogP contribution in [0.1, 0.15) is 34.0 Å². The van der Waals surface area contributed by atoms with E-state index in [1.807, 2.05) is 31.6 Å². The smallest absolute Gasteiger partial charge is 0.101 e. The van der Waals surface area contributed by atoms with Crippen molar-refractivity contribution >= 4 is 11.3 Å². The highest BCUT2D eigenvalue weighted by atomic mass is 32.1. The summed E-state index contributed by atoms with van der Waals surface area (Å²) in [7, 11) is 1.98. The summed E-state index contributed by atoms with van der Waals surface area (Å²) in [5.74, 6) is 0.961. The molecule has 2 aromatic heterocycles. The summed E-state index contributed by atoms with van der Waals surface area (Å²) < 4.78 is 5.37. The van der Waals surface area contributed by atoms with Crippen LogP contribution in [0.15, 0.2) is 28.9 Å². The van der Waals surface area contributed by atoms with Crippen molar-refractivity contribution in [2.24, 2.45) is 0 Å². The highest BCUT2D eigenvalue weighted by molar-refractivity contribution is 7.12. The molecule has 2 heterocycles. The third-order valence-electron chi connectivity index (χ3n) is 2.69. The lowest BCUT2D eigenvalue weighted by molar-refractivity contribution is 0.528. The van der Waals surface area contributed by atoms with Crippen molar-refractivity contribution in [1.29, 1.82) is 0 Å². The lowest BCUT2D eigenvalue weighted by Gasteiger charge is -2.11. The molecule has 86 valence electrons. The highest BCUT2D eigenvalue weighted by Gasteiger charge is 2.15. The molecule has 0 amide bonds. The molecule has 0 saturated carbocycles. The van der Waals surface area contributed by atoms with E-state index >= 15 is 0 Å². The zero-order valence-electron chi connectivity index (χ0n) is 9.91. The van der Waals surface area contributed by atoms with Crippen LogP contribution in [0, 0.1) is 6.92 Å². The van der Waals surface area contributed by atoms with Gasteiger partial charge in [0.05, 0.1) is 12.3 Å². The fourth-order valence-corrected chi connectivity index (χ4v) is 2.92. The average Bonchev–Trinajstić information content (AvgIpc) is 2.89. The predicted molar refractivity (Wildman–Crippen MR) is 68.0 cm³/mol. The monoisotopic (exact) mass is 235 g/mol. The summed E-state index contributed by atoms with van der Waals surface area (Å²) in [6, 6.07) is 6.75. The van der Waals surface area contributed by atoms with Crippen LogP contribution in [0.4, 0.5) is 0 Å². The van der Waals surface area contributed by atoms with Crippen LogP contribution in [-0.4, -0.2) is 7.05 Å². The first-order chi connectivity index (χ1) is 7.74. The third kappa shape index (κ3) is 2.20. The molecule has 1 N–H and O–H groups in total. The summed E-state index contributed by atoms with van der Waals surface area (Å²) in [5, 5.41) is 3.34. The van der Waals surface area contributed by atoms with E-state index < -0.39 is 0 Å². The summed E-state index contributed by atoms with van der Waals surface area (Å²) >= 11 is 1.87. The van der Waals surface area contributed by atoms with E-state index in [1.165, 1.54) is 15.3 Å². The van der Waals surface area contributed by atoms with Crippen LogP contribution in [0.5, 0.6) is 0 Å². The zero-order valence-corrected chi connectivity index (χ0v) is 10.7. The van der Waals surface area contributed by atoms with Gasteiger partial charge in [0.1, 0.15) is 5.76 Å². The van der Waals surface area contributed by atoms with Crippen molar-refractivity contribution in [3.8, 4) is 0 Å². The quantitative estimate of drug-likeness (QED) is 0.877. The van der Waals surface area contributed by atoms with Crippen molar-refractivity contribution in [1.82, 2.24) is 5.32 Å². The Bertz CT molecular complexity index is 458. The van der Waals surface area contributed by atoms with E-state index in [0.29, 0.717) is 0 Å². The maximum absolute atomic E-state index is 5.37. The Labute approximate surface area is 100 Å². The second kappa shape index (κ2) is 4.85. The van der Waals surface area contributed by atoms with E-state index in [1.54, 1.807) is 0 Å². The molecule has 0 spiro atoms. The molecule has 0 bridgehead atoms. The van der Waals surface area contributed by atoms with Crippen LogP contribution >= 0.6 is 11.3 Å². The first kappa shape index (κ1) is 11.4. The first-order valence-corrected chi connectivity index (χ1v) is 6.37. The van der Waals surface area contributed by atoms with Crippen molar-refractivity contribution in [3.63, 3.8) is 0 Å². The van der Waals surface area contributed by atoms with Gasteiger partial charge in [-0.15, -0.1) is 11.3 Å². The van der Waals surface area contributed by atoms with Gasteiger partial charge in [0.2, 0.25) is 0 Å². The van der Waals surface area contributed by atoms with E-state index in [2.05, 4.69) is 30.4 Å². The topological polar surface area (TPSA) is 25.2 Å².